The summed E-state index contributed by atoms with van der Waals surface area (Å²) < 4.78 is 4.01. The van der Waals surface area contributed by atoms with Crippen molar-refractivity contribution in [2.75, 3.05) is 0 Å². The molecule has 5 nitrogen and oxygen atoms in total. The first-order valence-corrected chi connectivity index (χ1v) is 5.79. The number of benzene rings is 1. The first kappa shape index (κ1) is 11.0. The number of rotatable bonds is 3. The highest BCUT2D eigenvalue weighted by molar-refractivity contribution is 5.80. The molecule has 0 unspecified atom stereocenters. The summed E-state index contributed by atoms with van der Waals surface area (Å²) in [7, 11) is 1.93. The molecule has 3 aromatic rings. The van der Waals surface area contributed by atoms with Gasteiger partial charge in [0.1, 0.15) is 6.33 Å². The molecule has 0 aliphatic carbocycles. The Kier molecular flexibility index (Phi) is 2.60. The van der Waals surface area contributed by atoms with Crippen LogP contribution >= 0.6 is 0 Å². The van der Waals surface area contributed by atoms with E-state index in [1.807, 2.05) is 36.0 Å². The number of hydrogen-bond acceptors (Lipinski definition) is 3. The predicted molar refractivity (Wildman–Crippen MR) is 68.0 cm³/mol. The zero-order valence-electron chi connectivity index (χ0n) is 10.1. The van der Waals surface area contributed by atoms with Gasteiger partial charge in [-0.05, 0) is 23.1 Å². The quantitative estimate of drug-likeness (QED) is 0.753. The summed E-state index contributed by atoms with van der Waals surface area (Å²) in [6, 6.07) is 8.03. The number of hydrogen-bond donors (Lipinski definition) is 1. The van der Waals surface area contributed by atoms with E-state index >= 15 is 0 Å². The first-order valence-electron chi connectivity index (χ1n) is 5.79. The van der Waals surface area contributed by atoms with Gasteiger partial charge in [-0.25, -0.2) is 0 Å². The molecule has 2 heterocycles. The average Bonchev–Trinajstić information content (AvgIpc) is 2.97. The minimum Gasteiger partial charge on any atom is -0.392 e. The molecule has 3 rings (SSSR count). The minimum absolute atomic E-state index is 0.0606. The Bertz CT molecular complexity index is 683. The molecule has 92 valence electrons. The molecule has 0 amide bonds. The second-order valence-electron chi connectivity index (χ2n) is 4.35. The van der Waals surface area contributed by atoms with Gasteiger partial charge in [0.05, 0.1) is 13.2 Å². The Balaban J connectivity index is 2.04. The van der Waals surface area contributed by atoms with Crippen LogP contribution in [-0.2, 0) is 20.2 Å². The van der Waals surface area contributed by atoms with Crippen molar-refractivity contribution in [2.24, 2.45) is 7.05 Å². The number of aliphatic hydroxyl groups excluding tert-OH is 1. The monoisotopic (exact) mass is 242 g/mol. The van der Waals surface area contributed by atoms with Crippen LogP contribution < -0.4 is 0 Å². The lowest BCUT2D eigenvalue weighted by Crippen LogP contribution is -2.04. The van der Waals surface area contributed by atoms with Crippen LogP contribution in [0.25, 0.3) is 10.9 Å². The maximum atomic E-state index is 9.19. The van der Waals surface area contributed by atoms with E-state index in [1.165, 1.54) is 0 Å². The third kappa shape index (κ3) is 1.78. The molecule has 1 N–H and O–H groups in total. The minimum atomic E-state index is 0.0606. The third-order valence-corrected chi connectivity index (χ3v) is 3.14. The standard InChI is InChI=1S/C13H14N4O/c1-16-9-14-15-13(16)7-17-5-4-11-3-2-10(8-18)6-12(11)17/h2-6,9,18H,7-8H2,1H3. The molecule has 1 aromatic carbocycles. The lowest BCUT2D eigenvalue weighted by molar-refractivity contribution is 0.282. The van der Waals surface area contributed by atoms with E-state index in [2.05, 4.69) is 20.8 Å². The fourth-order valence-electron chi connectivity index (χ4n) is 2.07. The van der Waals surface area contributed by atoms with Crippen LogP contribution in [0.3, 0.4) is 0 Å². The van der Waals surface area contributed by atoms with E-state index in [-0.39, 0.29) is 6.61 Å². The van der Waals surface area contributed by atoms with Crippen molar-refractivity contribution in [3.8, 4) is 0 Å². The Morgan fingerprint density at radius 1 is 1.28 bits per heavy atom. The van der Waals surface area contributed by atoms with E-state index in [0.717, 1.165) is 22.3 Å². The lowest BCUT2D eigenvalue weighted by atomic mass is 10.2. The highest BCUT2D eigenvalue weighted by Crippen LogP contribution is 2.18. The summed E-state index contributed by atoms with van der Waals surface area (Å²) in [5, 5.41) is 18.3. The fraction of sp³-hybridized carbons (Fsp3) is 0.231. The van der Waals surface area contributed by atoms with Gasteiger partial charge in [0.15, 0.2) is 5.82 Å². The molecule has 5 heteroatoms. The van der Waals surface area contributed by atoms with Gasteiger partial charge in [-0.15, -0.1) is 10.2 Å². The SMILES string of the molecule is Cn1cnnc1Cn1ccc2ccc(CO)cc21. The van der Waals surface area contributed by atoms with Crippen LogP contribution in [0.5, 0.6) is 0 Å². The molecule has 0 bridgehead atoms. The lowest BCUT2D eigenvalue weighted by Gasteiger charge is -2.05. The van der Waals surface area contributed by atoms with E-state index < -0.39 is 0 Å². The van der Waals surface area contributed by atoms with Crippen LogP contribution in [-0.4, -0.2) is 24.4 Å². The number of aromatic nitrogens is 4. The second-order valence-corrected chi connectivity index (χ2v) is 4.35. The van der Waals surface area contributed by atoms with Crippen molar-refractivity contribution >= 4 is 10.9 Å². The van der Waals surface area contributed by atoms with Gasteiger partial charge in [0.25, 0.3) is 0 Å². The Hall–Kier alpha value is -2.14. The predicted octanol–water partition coefficient (Wildman–Crippen LogP) is 1.31. The molecule has 0 aliphatic rings. The van der Waals surface area contributed by atoms with Gasteiger partial charge in [-0.3, -0.25) is 0 Å². The smallest absolute Gasteiger partial charge is 0.152 e. The van der Waals surface area contributed by atoms with Gasteiger partial charge < -0.3 is 14.2 Å². The summed E-state index contributed by atoms with van der Waals surface area (Å²) in [4.78, 5) is 0. The molecule has 0 fully saturated rings. The summed E-state index contributed by atoms with van der Waals surface area (Å²) >= 11 is 0. The summed E-state index contributed by atoms with van der Waals surface area (Å²) in [6.07, 6.45) is 3.72. The maximum absolute atomic E-state index is 9.19. The molecule has 2 aromatic heterocycles. The van der Waals surface area contributed by atoms with Gasteiger partial charge in [-0.2, -0.15) is 0 Å². The number of nitrogens with zero attached hydrogens (tertiary/aromatic N) is 4. The molecule has 0 spiro atoms. The molecular weight excluding hydrogens is 228 g/mol. The summed E-state index contributed by atoms with van der Waals surface area (Å²) in [5.74, 6) is 0.905. The highest BCUT2D eigenvalue weighted by atomic mass is 16.3. The Morgan fingerprint density at radius 2 is 2.17 bits per heavy atom. The molecule has 0 saturated carbocycles. The second kappa shape index (κ2) is 4.27. The average molecular weight is 242 g/mol. The van der Waals surface area contributed by atoms with Crippen LogP contribution in [0.4, 0.5) is 0 Å². The maximum Gasteiger partial charge on any atom is 0.152 e. The number of fused-ring (bicyclic) bond motifs is 1. The van der Waals surface area contributed by atoms with E-state index in [9.17, 15) is 5.11 Å². The van der Waals surface area contributed by atoms with Crippen LogP contribution in [0, 0.1) is 0 Å². The molecule has 18 heavy (non-hydrogen) atoms. The molecule has 0 saturated heterocycles. The summed E-state index contributed by atoms with van der Waals surface area (Å²) in [5.41, 5.74) is 2.02. The van der Waals surface area contributed by atoms with E-state index in [1.54, 1.807) is 6.33 Å². The molecule has 0 aliphatic heterocycles. The molecule has 0 atom stereocenters. The number of aryl methyl sites for hydroxylation is 1. The van der Waals surface area contributed by atoms with Crippen molar-refractivity contribution in [1.82, 2.24) is 19.3 Å². The number of aliphatic hydroxyl groups is 1. The van der Waals surface area contributed by atoms with Crippen molar-refractivity contribution in [1.29, 1.82) is 0 Å². The first-order chi connectivity index (χ1) is 8.78. The van der Waals surface area contributed by atoms with Crippen LogP contribution in [0.2, 0.25) is 0 Å². The zero-order valence-corrected chi connectivity index (χ0v) is 10.1. The van der Waals surface area contributed by atoms with E-state index in [0.29, 0.717) is 6.54 Å². The third-order valence-electron chi connectivity index (χ3n) is 3.14. The van der Waals surface area contributed by atoms with Crippen LogP contribution in [0.15, 0.2) is 36.8 Å². The van der Waals surface area contributed by atoms with Gasteiger partial charge in [-0.1, -0.05) is 12.1 Å². The zero-order chi connectivity index (χ0) is 12.5. The topological polar surface area (TPSA) is 55.9 Å². The largest absolute Gasteiger partial charge is 0.392 e. The normalized spacial score (nSPS) is 11.2. The van der Waals surface area contributed by atoms with Crippen molar-refractivity contribution in [2.45, 2.75) is 13.2 Å². The van der Waals surface area contributed by atoms with Gasteiger partial charge in [0.2, 0.25) is 0 Å². The van der Waals surface area contributed by atoms with Crippen LogP contribution in [0.1, 0.15) is 11.4 Å². The van der Waals surface area contributed by atoms with Crippen molar-refractivity contribution in [3.63, 3.8) is 0 Å². The summed E-state index contributed by atoms with van der Waals surface area (Å²) in [6.45, 7) is 0.736. The van der Waals surface area contributed by atoms with Gasteiger partial charge in [0, 0.05) is 18.8 Å². The molecule has 0 radical (unpaired) electrons. The Morgan fingerprint density at radius 3 is 2.89 bits per heavy atom. The van der Waals surface area contributed by atoms with Crippen molar-refractivity contribution in [3.05, 3.63) is 48.2 Å². The Labute approximate surface area is 104 Å². The fourth-order valence-corrected chi connectivity index (χ4v) is 2.07. The highest BCUT2D eigenvalue weighted by Gasteiger charge is 2.06. The van der Waals surface area contributed by atoms with Gasteiger partial charge >= 0.3 is 0 Å². The van der Waals surface area contributed by atoms with E-state index in [4.69, 9.17) is 0 Å². The molecular formula is C13H14N4O. The van der Waals surface area contributed by atoms with Crippen molar-refractivity contribution < 1.29 is 5.11 Å².